The Morgan fingerprint density at radius 2 is 1.79 bits per heavy atom. The number of carbonyl (C=O) groups excluding carboxylic acids is 3. The van der Waals surface area contributed by atoms with Crippen LogP contribution in [0.1, 0.15) is 58.3 Å². The summed E-state index contributed by atoms with van der Waals surface area (Å²) in [7, 11) is -2.52. The molecular weight excluding hydrogens is 504 g/mol. The third-order valence-electron chi connectivity index (χ3n) is 7.15. The van der Waals surface area contributed by atoms with Crippen LogP contribution in [0.2, 0.25) is 0 Å². The first-order valence-corrected chi connectivity index (χ1v) is 15.3. The second-order valence-electron chi connectivity index (χ2n) is 9.97. The predicted molar refractivity (Wildman–Crippen MR) is 147 cm³/mol. The van der Waals surface area contributed by atoms with E-state index in [0.717, 1.165) is 43.0 Å². The average molecular weight is 545 g/mol. The molecular formula is C29H40N2O6S. The van der Waals surface area contributed by atoms with Gasteiger partial charge in [0.05, 0.1) is 23.7 Å². The molecule has 0 aromatic heterocycles. The van der Waals surface area contributed by atoms with Crippen LogP contribution in [0.3, 0.4) is 0 Å². The van der Waals surface area contributed by atoms with Gasteiger partial charge in [0.1, 0.15) is 0 Å². The molecule has 2 aromatic rings. The van der Waals surface area contributed by atoms with Gasteiger partial charge in [-0.2, -0.15) is 0 Å². The van der Waals surface area contributed by atoms with Crippen molar-refractivity contribution in [2.75, 3.05) is 39.0 Å². The highest BCUT2D eigenvalue weighted by Gasteiger charge is 2.31. The Balaban J connectivity index is 1.78. The zero-order chi connectivity index (χ0) is 27.5. The molecule has 0 radical (unpaired) electrons. The van der Waals surface area contributed by atoms with Crippen molar-refractivity contribution >= 4 is 38.4 Å². The number of esters is 1. The predicted octanol–water partition coefficient (Wildman–Crippen LogP) is 4.21. The van der Waals surface area contributed by atoms with Crippen molar-refractivity contribution < 1.29 is 27.5 Å². The second kappa shape index (κ2) is 14.3. The summed E-state index contributed by atoms with van der Waals surface area (Å²) in [5.41, 5.74) is 0. The SMILES string of the molecule is CCCCCN(CCCN1CCCC1=O)C(=O)C(CCC(=O)OC)CS(=O)(=O)c1ccc2ccccc2c1. The number of amides is 2. The number of methoxy groups -OCH3 is 1. The van der Waals surface area contributed by atoms with Gasteiger partial charge in [-0.05, 0) is 48.6 Å². The van der Waals surface area contributed by atoms with E-state index < -0.39 is 21.7 Å². The molecule has 2 amide bonds. The number of unbranched alkanes of at least 4 members (excludes halogenated alkanes) is 2. The third-order valence-corrected chi connectivity index (χ3v) is 8.96. The van der Waals surface area contributed by atoms with Crippen molar-refractivity contribution in [3.63, 3.8) is 0 Å². The van der Waals surface area contributed by atoms with Gasteiger partial charge in [-0.25, -0.2) is 8.42 Å². The van der Waals surface area contributed by atoms with E-state index in [0.29, 0.717) is 32.5 Å². The lowest BCUT2D eigenvalue weighted by molar-refractivity contribution is -0.141. The Bertz CT molecular complexity index is 1210. The average Bonchev–Trinajstić information content (AvgIpc) is 3.33. The van der Waals surface area contributed by atoms with Gasteiger partial charge in [-0.15, -0.1) is 0 Å². The summed E-state index contributed by atoms with van der Waals surface area (Å²) in [5, 5.41) is 1.74. The number of carbonyl (C=O) groups is 3. The summed E-state index contributed by atoms with van der Waals surface area (Å²) in [5.74, 6) is -1.85. The molecule has 1 aliphatic rings. The van der Waals surface area contributed by atoms with Crippen LogP contribution in [0.25, 0.3) is 10.8 Å². The first kappa shape index (κ1) is 29.6. The summed E-state index contributed by atoms with van der Waals surface area (Å²) in [6, 6.07) is 12.5. The molecule has 3 rings (SSSR count). The third kappa shape index (κ3) is 8.28. The molecule has 1 aliphatic heterocycles. The molecule has 1 heterocycles. The molecule has 0 N–H and O–H groups in total. The molecule has 0 saturated carbocycles. The number of ether oxygens (including phenoxy) is 1. The Morgan fingerprint density at radius 3 is 2.47 bits per heavy atom. The monoisotopic (exact) mass is 544 g/mol. The molecule has 1 unspecified atom stereocenters. The number of benzene rings is 2. The van der Waals surface area contributed by atoms with Crippen LogP contribution in [0.5, 0.6) is 0 Å². The van der Waals surface area contributed by atoms with Gasteiger partial charge in [0.25, 0.3) is 0 Å². The van der Waals surface area contributed by atoms with E-state index in [1.807, 2.05) is 29.2 Å². The number of sulfone groups is 1. The van der Waals surface area contributed by atoms with Crippen LogP contribution in [0, 0.1) is 5.92 Å². The lowest BCUT2D eigenvalue weighted by Crippen LogP contribution is -2.41. The van der Waals surface area contributed by atoms with Crippen LogP contribution in [0.15, 0.2) is 47.4 Å². The molecule has 1 saturated heterocycles. The number of fused-ring (bicyclic) bond motifs is 1. The van der Waals surface area contributed by atoms with Crippen molar-refractivity contribution in [1.82, 2.24) is 9.80 Å². The van der Waals surface area contributed by atoms with Crippen molar-refractivity contribution in [2.45, 2.75) is 63.2 Å². The molecule has 0 spiro atoms. The fourth-order valence-electron chi connectivity index (χ4n) is 4.93. The van der Waals surface area contributed by atoms with E-state index in [4.69, 9.17) is 4.74 Å². The van der Waals surface area contributed by atoms with Gasteiger partial charge in [0, 0.05) is 39.0 Å². The minimum Gasteiger partial charge on any atom is -0.469 e. The van der Waals surface area contributed by atoms with Crippen LogP contribution in [-0.2, 0) is 29.0 Å². The quantitative estimate of drug-likeness (QED) is 0.246. The first-order chi connectivity index (χ1) is 18.2. The van der Waals surface area contributed by atoms with E-state index >= 15 is 0 Å². The number of hydrogen-bond donors (Lipinski definition) is 0. The normalized spacial score (nSPS) is 14.6. The number of likely N-dealkylation sites (tertiary alicyclic amines) is 1. The maximum Gasteiger partial charge on any atom is 0.305 e. The highest BCUT2D eigenvalue weighted by Crippen LogP contribution is 2.24. The van der Waals surface area contributed by atoms with Crippen molar-refractivity contribution in [3.8, 4) is 0 Å². The topological polar surface area (TPSA) is 101 Å². The summed E-state index contributed by atoms with van der Waals surface area (Å²) in [6.45, 7) is 4.37. The molecule has 8 nitrogen and oxygen atoms in total. The zero-order valence-electron chi connectivity index (χ0n) is 22.6. The number of nitrogens with zero attached hydrogens (tertiary/aromatic N) is 2. The van der Waals surface area contributed by atoms with Gasteiger partial charge in [0.2, 0.25) is 11.8 Å². The lowest BCUT2D eigenvalue weighted by atomic mass is 10.0. The zero-order valence-corrected chi connectivity index (χ0v) is 23.4. The van der Waals surface area contributed by atoms with Gasteiger partial charge >= 0.3 is 5.97 Å². The number of rotatable bonds is 15. The molecule has 1 fully saturated rings. The minimum atomic E-state index is -3.80. The fourth-order valence-corrected chi connectivity index (χ4v) is 6.54. The van der Waals surface area contributed by atoms with Gasteiger partial charge < -0.3 is 14.5 Å². The molecule has 2 aromatic carbocycles. The minimum absolute atomic E-state index is 0.0365. The van der Waals surface area contributed by atoms with E-state index in [1.54, 1.807) is 23.1 Å². The molecule has 0 bridgehead atoms. The first-order valence-electron chi connectivity index (χ1n) is 13.6. The maximum absolute atomic E-state index is 13.8. The number of hydrogen-bond acceptors (Lipinski definition) is 6. The van der Waals surface area contributed by atoms with Crippen LogP contribution >= 0.6 is 0 Å². The molecule has 0 aliphatic carbocycles. The van der Waals surface area contributed by atoms with Crippen LogP contribution in [-0.4, -0.2) is 75.0 Å². The second-order valence-corrected chi connectivity index (χ2v) is 12.0. The Kier molecular flexibility index (Phi) is 11.1. The van der Waals surface area contributed by atoms with Gasteiger partial charge in [0.15, 0.2) is 9.84 Å². The summed E-state index contributed by atoms with van der Waals surface area (Å²) in [6.07, 6.45) is 4.87. The smallest absolute Gasteiger partial charge is 0.305 e. The molecule has 9 heteroatoms. The van der Waals surface area contributed by atoms with E-state index in [1.165, 1.54) is 7.11 Å². The molecule has 38 heavy (non-hydrogen) atoms. The Morgan fingerprint density at radius 1 is 1.05 bits per heavy atom. The fraction of sp³-hybridized carbons (Fsp3) is 0.552. The molecule has 1 atom stereocenters. The van der Waals surface area contributed by atoms with Crippen molar-refractivity contribution in [3.05, 3.63) is 42.5 Å². The summed E-state index contributed by atoms with van der Waals surface area (Å²) in [4.78, 5) is 41.4. The maximum atomic E-state index is 13.8. The molecule has 208 valence electrons. The van der Waals surface area contributed by atoms with Crippen molar-refractivity contribution in [1.29, 1.82) is 0 Å². The standard InChI is InChI=1S/C29H40N2O6S/c1-3-4-7-17-31(20-9-19-30-18-8-12-27(30)32)29(34)25(14-16-28(33)37-2)22-38(35,36)26-15-13-23-10-5-6-11-24(23)21-26/h5-6,10-11,13,15,21,25H,3-4,7-9,12,14,16-20,22H2,1-2H3. The summed E-state index contributed by atoms with van der Waals surface area (Å²) < 4.78 is 31.7. The van der Waals surface area contributed by atoms with Crippen molar-refractivity contribution in [2.24, 2.45) is 5.92 Å². The highest BCUT2D eigenvalue weighted by atomic mass is 32.2. The van der Waals surface area contributed by atoms with E-state index in [-0.39, 0.29) is 35.3 Å². The van der Waals surface area contributed by atoms with Gasteiger partial charge in [-0.1, -0.05) is 50.1 Å². The van der Waals surface area contributed by atoms with Gasteiger partial charge in [-0.3, -0.25) is 14.4 Å². The summed E-state index contributed by atoms with van der Waals surface area (Å²) >= 11 is 0. The van der Waals surface area contributed by atoms with E-state index in [9.17, 15) is 22.8 Å². The lowest BCUT2D eigenvalue weighted by Gasteiger charge is -2.28. The highest BCUT2D eigenvalue weighted by molar-refractivity contribution is 7.91. The largest absolute Gasteiger partial charge is 0.469 e. The Labute approximate surface area is 226 Å². The van der Waals surface area contributed by atoms with Crippen LogP contribution in [0.4, 0.5) is 0 Å². The van der Waals surface area contributed by atoms with Crippen LogP contribution < -0.4 is 0 Å². The Hall–Kier alpha value is -2.94. The van der Waals surface area contributed by atoms with E-state index in [2.05, 4.69) is 6.92 Å².